The summed E-state index contributed by atoms with van der Waals surface area (Å²) < 4.78 is 7.40. The number of carbonyl (C=O) groups is 1. The quantitative estimate of drug-likeness (QED) is 0.373. The topological polar surface area (TPSA) is 48.3 Å². The number of esters is 1. The number of halogens is 1. The number of methoxy groups -OCH3 is 1. The molecule has 0 amide bonds. The average Bonchev–Trinajstić information content (AvgIpc) is 2.77. The highest BCUT2D eigenvalue weighted by Crippen LogP contribution is 2.30. The number of rotatable bonds is 4. The molecule has 4 nitrogen and oxygen atoms in total. The van der Waals surface area contributed by atoms with E-state index in [1.165, 1.54) is 7.11 Å². The molecule has 0 radical (unpaired) electrons. The van der Waals surface area contributed by atoms with Crippen LogP contribution in [-0.2, 0) is 11.3 Å². The lowest BCUT2D eigenvalue weighted by molar-refractivity contribution is 0.0601. The average molecular weight is 462 g/mol. The Bertz CT molecular complexity index is 1310. The van der Waals surface area contributed by atoms with Gasteiger partial charge >= 0.3 is 5.97 Å². The number of aryl methyl sites for hydroxylation is 1. The van der Waals surface area contributed by atoms with E-state index in [1.807, 2.05) is 73.8 Å². The summed E-state index contributed by atoms with van der Waals surface area (Å²) in [5.41, 5.74) is 4.43. The number of hydrogen-bond acceptors (Lipinski definition) is 3. The fourth-order valence-electron chi connectivity index (χ4n) is 3.59. The van der Waals surface area contributed by atoms with Gasteiger partial charge in [-0.05, 0) is 69.4 Å². The highest BCUT2D eigenvalue weighted by Gasteiger charge is 2.13. The van der Waals surface area contributed by atoms with Crippen LogP contribution in [0, 0.1) is 6.92 Å². The van der Waals surface area contributed by atoms with Crippen LogP contribution in [0.25, 0.3) is 21.9 Å². The van der Waals surface area contributed by atoms with Crippen molar-refractivity contribution < 1.29 is 9.53 Å². The second-order valence-electron chi connectivity index (χ2n) is 7.18. The molecule has 3 aromatic carbocycles. The molecule has 150 valence electrons. The number of nitrogens with zero attached hydrogens (tertiary/aromatic N) is 1. The van der Waals surface area contributed by atoms with E-state index in [4.69, 9.17) is 4.74 Å². The summed E-state index contributed by atoms with van der Waals surface area (Å²) in [5.74, 6) is -0.373. The van der Waals surface area contributed by atoms with Crippen molar-refractivity contribution in [3.05, 3.63) is 104 Å². The molecule has 0 aliphatic heterocycles. The van der Waals surface area contributed by atoms with E-state index < -0.39 is 0 Å². The molecule has 0 bridgehead atoms. The van der Waals surface area contributed by atoms with Crippen LogP contribution in [0.2, 0.25) is 0 Å². The summed E-state index contributed by atoms with van der Waals surface area (Å²) in [6.07, 6.45) is 1.83. The van der Waals surface area contributed by atoms with Crippen LogP contribution in [0.5, 0.6) is 0 Å². The third-order valence-corrected chi connectivity index (χ3v) is 5.83. The minimum absolute atomic E-state index is 0.0383. The summed E-state index contributed by atoms with van der Waals surface area (Å²) in [5, 5.41) is 1.48. The molecule has 0 unspecified atom stereocenters. The molecule has 1 aromatic heterocycles. The maximum absolute atomic E-state index is 13.1. The molecule has 0 saturated heterocycles. The number of fused-ring (bicyclic) bond motifs is 1. The van der Waals surface area contributed by atoms with E-state index in [2.05, 4.69) is 15.9 Å². The molecule has 5 heteroatoms. The zero-order valence-corrected chi connectivity index (χ0v) is 18.3. The van der Waals surface area contributed by atoms with Crippen LogP contribution < -0.4 is 5.56 Å². The number of benzene rings is 3. The monoisotopic (exact) mass is 461 g/mol. The third-order valence-electron chi connectivity index (χ3n) is 5.20. The zero-order valence-electron chi connectivity index (χ0n) is 16.7. The van der Waals surface area contributed by atoms with Crippen LogP contribution in [0.4, 0.5) is 0 Å². The van der Waals surface area contributed by atoms with Gasteiger partial charge in [0.25, 0.3) is 5.56 Å². The summed E-state index contributed by atoms with van der Waals surface area (Å²) in [4.78, 5) is 25.0. The second-order valence-corrected chi connectivity index (χ2v) is 8.03. The summed E-state index contributed by atoms with van der Waals surface area (Å²) >= 11 is 3.64. The van der Waals surface area contributed by atoms with Crippen molar-refractivity contribution in [1.29, 1.82) is 0 Å². The van der Waals surface area contributed by atoms with Gasteiger partial charge in [0, 0.05) is 21.4 Å². The van der Waals surface area contributed by atoms with Crippen molar-refractivity contribution in [3.8, 4) is 11.1 Å². The minimum Gasteiger partial charge on any atom is -0.465 e. The van der Waals surface area contributed by atoms with Crippen LogP contribution in [-0.4, -0.2) is 17.6 Å². The van der Waals surface area contributed by atoms with E-state index >= 15 is 0 Å². The van der Waals surface area contributed by atoms with Gasteiger partial charge in [0.2, 0.25) is 0 Å². The van der Waals surface area contributed by atoms with Gasteiger partial charge in [-0.2, -0.15) is 0 Å². The van der Waals surface area contributed by atoms with E-state index in [0.29, 0.717) is 17.5 Å². The Morgan fingerprint density at radius 2 is 1.77 bits per heavy atom. The molecule has 0 aliphatic carbocycles. The molecule has 4 aromatic rings. The minimum atomic E-state index is -0.373. The van der Waals surface area contributed by atoms with Gasteiger partial charge in [0.1, 0.15) is 0 Å². The molecule has 0 spiro atoms. The Balaban J connectivity index is 1.81. The Kier molecular flexibility index (Phi) is 5.55. The standard InChI is InChI=1S/C25H20BrNO3/c1-16-8-9-19(25(29)30-2)13-21(16)18-10-11-20-22(12-18)23(26)15-27(24(20)28)14-17-6-4-3-5-7-17/h3-13,15H,14H2,1-2H3. The molecule has 30 heavy (non-hydrogen) atoms. The van der Waals surface area contributed by atoms with Gasteiger partial charge < -0.3 is 9.30 Å². The van der Waals surface area contributed by atoms with Crippen molar-refractivity contribution in [2.75, 3.05) is 7.11 Å². The highest BCUT2D eigenvalue weighted by molar-refractivity contribution is 9.10. The van der Waals surface area contributed by atoms with Gasteiger partial charge in [-0.1, -0.05) is 42.5 Å². The number of pyridine rings is 1. The largest absolute Gasteiger partial charge is 0.465 e. The highest BCUT2D eigenvalue weighted by atomic mass is 79.9. The molecule has 0 N–H and O–H groups in total. The van der Waals surface area contributed by atoms with Crippen molar-refractivity contribution in [3.63, 3.8) is 0 Å². The first-order chi connectivity index (χ1) is 14.5. The molecule has 1 heterocycles. The van der Waals surface area contributed by atoms with Gasteiger partial charge in [0.15, 0.2) is 0 Å². The van der Waals surface area contributed by atoms with Gasteiger partial charge in [-0.3, -0.25) is 4.79 Å². The fraction of sp³-hybridized carbons (Fsp3) is 0.120. The molecular formula is C25H20BrNO3. The first-order valence-electron chi connectivity index (χ1n) is 9.54. The van der Waals surface area contributed by atoms with E-state index in [9.17, 15) is 9.59 Å². The van der Waals surface area contributed by atoms with E-state index in [1.54, 1.807) is 10.6 Å². The SMILES string of the molecule is COC(=O)c1ccc(C)c(-c2ccc3c(=O)n(Cc4ccccc4)cc(Br)c3c2)c1. The maximum atomic E-state index is 13.1. The lowest BCUT2D eigenvalue weighted by atomic mass is 9.96. The van der Waals surface area contributed by atoms with Crippen molar-refractivity contribution in [2.45, 2.75) is 13.5 Å². The zero-order chi connectivity index (χ0) is 21.3. The first kappa shape index (κ1) is 20.1. The molecular weight excluding hydrogens is 442 g/mol. The maximum Gasteiger partial charge on any atom is 0.337 e. The van der Waals surface area contributed by atoms with Gasteiger partial charge in [0.05, 0.1) is 19.2 Å². The Morgan fingerprint density at radius 3 is 2.50 bits per heavy atom. The van der Waals surface area contributed by atoms with Crippen LogP contribution in [0.3, 0.4) is 0 Å². The smallest absolute Gasteiger partial charge is 0.337 e. The first-order valence-corrected chi connectivity index (χ1v) is 10.3. The summed E-state index contributed by atoms with van der Waals surface area (Å²) in [6, 6.07) is 21.1. The molecule has 4 rings (SSSR count). The Hall–Kier alpha value is -3.18. The summed E-state index contributed by atoms with van der Waals surface area (Å²) in [6.45, 7) is 2.50. The molecule has 0 fully saturated rings. The van der Waals surface area contributed by atoms with Gasteiger partial charge in [-0.25, -0.2) is 4.79 Å². The predicted octanol–water partition coefficient (Wildman–Crippen LogP) is 5.57. The normalized spacial score (nSPS) is 10.9. The number of ether oxygens (including phenoxy) is 1. The number of carbonyl (C=O) groups excluding carboxylic acids is 1. The molecule has 0 atom stereocenters. The number of aromatic nitrogens is 1. The number of hydrogen-bond donors (Lipinski definition) is 0. The van der Waals surface area contributed by atoms with Crippen molar-refractivity contribution >= 4 is 32.7 Å². The lowest BCUT2D eigenvalue weighted by Crippen LogP contribution is -2.20. The van der Waals surface area contributed by atoms with Gasteiger partial charge in [-0.15, -0.1) is 0 Å². The molecule has 0 aliphatic rings. The van der Waals surface area contributed by atoms with Crippen LogP contribution in [0.15, 0.2) is 82.2 Å². The fourth-order valence-corrected chi connectivity index (χ4v) is 4.17. The Labute approximate surface area is 182 Å². The Morgan fingerprint density at radius 1 is 1.00 bits per heavy atom. The lowest BCUT2D eigenvalue weighted by Gasteiger charge is -2.12. The van der Waals surface area contributed by atoms with Crippen LogP contribution >= 0.6 is 15.9 Å². The van der Waals surface area contributed by atoms with Crippen molar-refractivity contribution in [2.24, 2.45) is 0 Å². The van der Waals surface area contributed by atoms with E-state index in [-0.39, 0.29) is 11.5 Å². The van der Waals surface area contributed by atoms with Crippen molar-refractivity contribution in [1.82, 2.24) is 4.57 Å². The van der Waals surface area contributed by atoms with E-state index in [0.717, 1.165) is 32.1 Å². The second kappa shape index (κ2) is 8.28. The predicted molar refractivity (Wildman–Crippen MR) is 123 cm³/mol. The molecule has 0 saturated carbocycles. The summed E-state index contributed by atoms with van der Waals surface area (Å²) in [7, 11) is 1.37. The third kappa shape index (κ3) is 3.81. The van der Waals surface area contributed by atoms with Crippen LogP contribution in [0.1, 0.15) is 21.5 Å².